The Bertz CT molecular complexity index is 392. The van der Waals surface area contributed by atoms with E-state index in [1.54, 1.807) is 6.07 Å². The average molecular weight is 236 g/mol. The summed E-state index contributed by atoms with van der Waals surface area (Å²) in [4.78, 5) is 12.0. The maximum Gasteiger partial charge on any atom is 0.253 e. The van der Waals surface area contributed by atoms with Crippen LogP contribution in [0.3, 0.4) is 0 Å². The van der Waals surface area contributed by atoms with Crippen LogP contribution in [0, 0.1) is 6.92 Å². The van der Waals surface area contributed by atoms with E-state index in [2.05, 4.69) is 15.5 Å². The molecular formula is C12H20N4O. The summed E-state index contributed by atoms with van der Waals surface area (Å²) in [5, 5.41) is 10.9. The van der Waals surface area contributed by atoms with Crippen molar-refractivity contribution in [1.29, 1.82) is 0 Å². The maximum absolute atomic E-state index is 12.0. The minimum atomic E-state index is -0.0965. The fourth-order valence-electron chi connectivity index (χ4n) is 1.60. The Hall–Kier alpha value is -1.49. The molecule has 0 saturated heterocycles. The summed E-state index contributed by atoms with van der Waals surface area (Å²) in [5.41, 5.74) is 7.54. The molecule has 0 saturated carbocycles. The summed E-state index contributed by atoms with van der Waals surface area (Å²) in [6.07, 6.45) is 1.46. The van der Waals surface area contributed by atoms with Gasteiger partial charge in [-0.1, -0.05) is 6.92 Å². The zero-order valence-electron chi connectivity index (χ0n) is 10.7. The number of carbonyl (C=O) groups excluding carboxylic acids is 1. The third-order valence-electron chi connectivity index (χ3n) is 2.55. The molecule has 0 radical (unpaired) electrons. The number of carbonyl (C=O) groups is 1. The molecule has 1 heterocycles. The van der Waals surface area contributed by atoms with Crippen molar-refractivity contribution < 1.29 is 4.79 Å². The number of hydrogen-bond acceptors (Lipinski definition) is 4. The molecule has 0 aliphatic heterocycles. The van der Waals surface area contributed by atoms with E-state index in [-0.39, 0.29) is 11.9 Å². The highest BCUT2D eigenvalue weighted by Gasteiger charge is 2.14. The normalized spacial score (nSPS) is 12.2. The molecule has 94 valence electrons. The van der Waals surface area contributed by atoms with Gasteiger partial charge in [0, 0.05) is 6.04 Å². The second-order valence-corrected chi connectivity index (χ2v) is 4.15. The third-order valence-corrected chi connectivity index (χ3v) is 2.55. The van der Waals surface area contributed by atoms with Crippen molar-refractivity contribution in [2.45, 2.75) is 39.7 Å². The Labute approximate surface area is 102 Å². The second-order valence-electron chi connectivity index (χ2n) is 4.15. The third kappa shape index (κ3) is 3.78. The average Bonchev–Trinajstić information content (AvgIpc) is 2.29. The van der Waals surface area contributed by atoms with Crippen LogP contribution in [0.1, 0.15) is 42.0 Å². The molecule has 0 aliphatic rings. The van der Waals surface area contributed by atoms with Crippen molar-refractivity contribution in [1.82, 2.24) is 15.5 Å². The number of amides is 1. The van der Waals surface area contributed by atoms with E-state index in [0.717, 1.165) is 17.8 Å². The van der Waals surface area contributed by atoms with Gasteiger partial charge in [-0.2, -0.15) is 10.2 Å². The van der Waals surface area contributed by atoms with Crippen LogP contribution < -0.4 is 11.1 Å². The van der Waals surface area contributed by atoms with Crippen LogP contribution in [0.2, 0.25) is 0 Å². The molecule has 5 heteroatoms. The Morgan fingerprint density at radius 2 is 2.24 bits per heavy atom. The van der Waals surface area contributed by atoms with E-state index in [4.69, 9.17) is 5.73 Å². The number of nitrogens with two attached hydrogens (primary N) is 1. The number of hydrogen-bond donors (Lipinski definition) is 2. The van der Waals surface area contributed by atoms with Crippen LogP contribution >= 0.6 is 0 Å². The zero-order chi connectivity index (χ0) is 12.8. The van der Waals surface area contributed by atoms with Gasteiger partial charge >= 0.3 is 0 Å². The Kier molecular flexibility index (Phi) is 5.03. The molecular weight excluding hydrogens is 216 g/mol. The maximum atomic E-state index is 12.0. The molecule has 1 rings (SSSR count). The molecule has 5 nitrogen and oxygen atoms in total. The molecule has 1 aromatic heterocycles. The fourth-order valence-corrected chi connectivity index (χ4v) is 1.60. The Balaban J connectivity index is 2.83. The van der Waals surface area contributed by atoms with Gasteiger partial charge in [0.05, 0.1) is 17.0 Å². The molecule has 0 aromatic carbocycles. The summed E-state index contributed by atoms with van der Waals surface area (Å²) in [5.74, 6) is -0.0965. The van der Waals surface area contributed by atoms with Gasteiger partial charge in [0.2, 0.25) is 0 Å². The van der Waals surface area contributed by atoms with E-state index in [0.29, 0.717) is 18.5 Å². The smallest absolute Gasteiger partial charge is 0.253 e. The fraction of sp³-hybridized carbons (Fsp3) is 0.583. The predicted molar refractivity (Wildman–Crippen MR) is 66.7 cm³/mol. The molecule has 0 spiro atoms. The number of nitrogens with zero attached hydrogens (tertiary/aromatic N) is 2. The lowest BCUT2D eigenvalue weighted by atomic mass is 10.1. The Morgan fingerprint density at radius 3 is 2.82 bits per heavy atom. The summed E-state index contributed by atoms with van der Waals surface area (Å²) in [6, 6.07) is 1.85. The number of aryl methyl sites for hydroxylation is 2. The van der Waals surface area contributed by atoms with Gasteiger partial charge < -0.3 is 11.1 Å². The minimum Gasteiger partial charge on any atom is -0.349 e. The number of nitrogens with one attached hydrogen (secondary N) is 1. The summed E-state index contributed by atoms with van der Waals surface area (Å²) >= 11 is 0. The lowest BCUT2D eigenvalue weighted by Crippen LogP contribution is -2.34. The quantitative estimate of drug-likeness (QED) is 0.793. The van der Waals surface area contributed by atoms with Gasteiger partial charge in [0.1, 0.15) is 0 Å². The van der Waals surface area contributed by atoms with E-state index in [9.17, 15) is 4.79 Å². The molecule has 1 aromatic rings. The minimum absolute atomic E-state index is 0.0747. The first kappa shape index (κ1) is 13.6. The van der Waals surface area contributed by atoms with E-state index < -0.39 is 0 Å². The first-order valence-electron chi connectivity index (χ1n) is 5.92. The topological polar surface area (TPSA) is 80.9 Å². The van der Waals surface area contributed by atoms with Gasteiger partial charge in [-0.3, -0.25) is 4.79 Å². The summed E-state index contributed by atoms with van der Waals surface area (Å²) in [7, 11) is 0. The van der Waals surface area contributed by atoms with Gasteiger partial charge in [-0.15, -0.1) is 0 Å². The van der Waals surface area contributed by atoms with Crippen molar-refractivity contribution in [2.24, 2.45) is 5.73 Å². The molecule has 0 fully saturated rings. The van der Waals surface area contributed by atoms with Crippen molar-refractivity contribution in [3.63, 3.8) is 0 Å². The summed E-state index contributed by atoms with van der Waals surface area (Å²) < 4.78 is 0. The van der Waals surface area contributed by atoms with Gasteiger partial charge in [-0.25, -0.2) is 0 Å². The highest BCUT2D eigenvalue weighted by atomic mass is 16.1. The zero-order valence-corrected chi connectivity index (χ0v) is 10.7. The van der Waals surface area contributed by atoms with E-state index in [1.165, 1.54) is 0 Å². The van der Waals surface area contributed by atoms with Crippen LogP contribution in [0.25, 0.3) is 0 Å². The standard InChI is InChI=1S/C12H20N4O/c1-4-11-10(7-9(3)15-16-11)12(17)14-8(2)5-6-13/h7-8H,4-6,13H2,1-3H3,(H,14,17). The molecule has 3 N–H and O–H groups in total. The van der Waals surface area contributed by atoms with E-state index in [1.807, 2.05) is 20.8 Å². The molecule has 0 bridgehead atoms. The molecule has 1 unspecified atom stereocenters. The molecule has 17 heavy (non-hydrogen) atoms. The SMILES string of the molecule is CCc1nnc(C)cc1C(=O)NC(C)CCN. The van der Waals surface area contributed by atoms with Crippen molar-refractivity contribution >= 4 is 5.91 Å². The number of aromatic nitrogens is 2. The monoisotopic (exact) mass is 236 g/mol. The number of rotatable bonds is 5. The lowest BCUT2D eigenvalue weighted by Gasteiger charge is -2.14. The highest BCUT2D eigenvalue weighted by Crippen LogP contribution is 2.08. The molecule has 1 amide bonds. The molecule has 0 aliphatic carbocycles. The summed E-state index contributed by atoms with van der Waals surface area (Å²) in [6.45, 7) is 6.29. The van der Waals surface area contributed by atoms with Gasteiger partial charge in [0.15, 0.2) is 0 Å². The predicted octanol–water partition coefficient (Wildman–Crippen LogP) is 0.815. The van der Waals surface area contributed by atoms with Crippen LogP contribution in [0.15, 0.2) is 6.07 Å². The van der Waals surface area contributed by atoms with Gasteiger partial charge in [0.25, 0.3) is 5.91 Å². The Morgan fingerprint density at radius 1 is 1.53 bits per heavy atom. The van der Waals surface area contributed by atoms with Crippen molar-refractivity contribution in [2.75, 3.05) is 6.54 Å². The largest absolute Gasteiger partial charge is 0.349 e. The second kappa shape index (κ2) is 6.30. The van der Waals surface area contributed by atoms with Crippen LogP contribution in [0.5, 0.6) is 0 Å². The van der Waals surface area contributed by atoms with Crippen LogP contribution in [-0.2, 0) is 6.42 Å². The van der Waals surface area contributed by atoms with Crippen LogP contribution in [-0.4, -0.2) is 28.7 Å². The van der Waals surface area contributed by atoms with Crippen LogP contribution in [0.4, 0.5) is 0 Å². The van der Waals surface area contributed by atoms with Crippen molar-refractivity contribution in [3.05, 3.63) is 23.0 Å². The molecule has 1 atom stereocenters. The van der Waals surface area contributed by atoms with Gasteiger partial charge in [-0.05, 0) is 39.3 Å². The highest BCUT2D eigenvalue weighted by molar-refractivity contribution is 5.95. The first-order chi connectivity index (χ1) is 8.08. The van der Waals surface area contributed by atoms with Crippen molar-refractivity contribution in [3.8, 4) is 0 Å². The van der Waals surface area contributed by atoms with E-state index >= 15 is 0 Å². The first-order valence-corrected chi connectivity index (χ1v) is 5.92. The lowest BCUT2D eigenvalue weighted by molar-refractivity contribution is 0.0937.